The van der Waals surface area contributed by atoms with Crippen molar-refractivity contribution < 1.29 is 4.74 Å². The van der Waals surface area contributed by atoms with Crippen molar-refractivity contribution in [3.8, 4) is 0 Å². The maximum Gasteiger partial charge on any atom is 0.192 e. The highest BCUT2D eigenvalue weighted by molar-refractivity contribution is 7.76. The molecule has 29 heavy (non-hydrogen) atoms. The highest BCUT2D eigenvalue weighted by Gasteiger charge is 2.42. The Hall–Kier alpha value is -2.44. The van der Waals surface area contributed by atoms with Crippen molar-refractivity contribution in [2.45, 2.75) is 6.04 Å². The maximum atomic E-state index is 6.09. The van der Waals surface area contributed by atoms with Crippen LogP contribution >= 0.6 is 7.92 Å². The molecule has 5 rings (SSSR count). The molecule has 5 radical (unpaired) electrons. The molecule has 1 aliphatic heterocycles. The van der Waals surface area contributed by atoms with Crippen LogP contribution in [0.4, 0.5) is 0 Å². The zero-order valence-electron chi connectivity index (χ0n) is 16.0. The third-order valence-electron chi connectivity index (χ3n) is 5.13. The van der Waals surface area contributed by atoms with E-state index < -0.39 is 7.92 Å². The summed E-state index contributed by atoms with van der Waals surface area (Å²) in [6, 6.07) is 31.9. The molecule has 1 aliphatic carbocycles. The van der Waals surface area contributed by atoms with E-state index in [2.05, 4.69) is 104 Å². The molecule has 1 saturated carbocycles. The Morgan fingerprint density at radius 1 is 0.724 bits per heavy atom. The summed E-state index contributed by atoms with van der Waals surface area (Å²) in [5.41, 5.74) is 2.49. The van der Waals surface area contributed by atoms with Gasteiger partial charge in [-0.15, -0.1) is 0 Å². The van der Waals surface area contributed by atoms with E-state index in [1.54, 1.807) is 0 Å². The van der Waals surface area contributed by atoms with Crippen molar-refractivity contribution in [2.24, 2.45) is 4.99 Å². The summed E-state index contributed by atoms with van der Waals surface area (Å²) in [6.45, 7) is 0.596. The second-order valence-electron chi connectivity index (χ2n) is 7.00. The van der Waals surface area contributed by atoms with Crippen LogP contribution in [0.2, 0.25) is 0 Å². The predicted molar refractivity (Wildman–Crippen MR) is 121 cm³/mol. The van der Waals surface area contributed by atoms with E-state index in [4.69, 9.17) is 9.73 Å². The number of aliphatic imine (C=N–C) groups is 1. The quantitative estimate of drug-likeness (QED) is 0.557. The molecular weight excluding hydrogens is 373 g/mol. The van der Waals surface area contributed by atoms with Gasteiger partial charge in [-0.1, -0.05) is 91.0 Å². The summed E-state index contributed by atoms with van der Waals surface area (Å²) in [4.78, 5) is 4.94. The molecule has 2 aliphatic rings. The van der Waals surface area contributed by atoms with Crippen LogP contribution in [0.15, 0.2) is 96.0 Å². The average molecular weight is 394 g/mol. The summed E-state index contributed by atoms with van der Waals surface area (Å²) >= 11 is 0. The van der Waals surface area contributed by atoms with Gasteiger partial charge in [-0.05, 0) is 43.4 Å². The third-order valence-corrected chi connectivity index (χ3v) is 7.63. The number of hydrogen-bond acceptors (Lipinski definition) is 2. The zero-order chi connectivity index (χ0) is 19.5. The van der Waals surface area contributed by atoms with Gasteiger partial charge >= 0.3 is 0 Å². The molecule has 3 aromatic rings. The Kier molecular flexibility index (Phi) is 5.45. The van der Waals surface area contributed by atoms with Crippen LogP contribution in [0.3, 0.4) is 0 Å². The summed E-state index contributed by atoms with van der Waals surface area (Å²) in [5.74, 6) is 1.88. The molecule has 0 saturated heterocycles. The van der Waals surface area contributed by atoms with Gasteiger partial charge in [-0.3, -0.25) is 0 Å². The van der Waals surface area contributed by atoms with Crippen LogP contribution in [0.1, 0.15) is 11.6 Å². The second kappa shape index (κ2) is 8.51. The average Bonchev–Trinajstić information content (AvgIpc) is 3.46. The Balaban J connectivity index is 1.47. The summed E-state index contributed by atoms with van der Waals surface area (Å²) in [5, 5.41) is 2.67. The first-order valence-corrected chi connectivity index (χ1v) is 11.2. The number of hydrogen-bond donors (Lipinski definition) is 0. The van der Waals surface area contributed by atoms with Gasteiger partial charge in [0.2, 0.25) is 0 Å². The van der Waals surface area contributed by atoms with Gasteiger partial charge in [-0.2, -0.15) is 0 Å². The van der Waals surface area contributed by atoms with Crippen molar-refractivity contribution in [3.05, 3.63) is 127 Å². The topological polar surface area (TPSA) is 21.6 Å². The van der Waals surface area contributed by atoms with E-state index >= 15 is 0 Å². The predicted octanol–water partition coefficient (Wildman–Crippen LogP) is 5.02. The smallest absolute Gasteiger partial charge is 0.192 e. The highest BCUT2D eigenvalue weighted by atomic mass is 31.1. The monoisotopic (exact) mass is 394 g/mol. The van der Waals surface area contributed by atoms with Crippen LogP contribution in [0.5, 0.6) is 0 Å². The van der Waals surface area contributed by atoms with Crippen molar-refractivity contribution in [2.75, 3.05) is 6.61 Å². The molecule has 1 atom stereocenters. The van der Waals surface area contributed by atoms with Crippen LogP contribution < -0.4 is 10.6 Å². The molecule has 1 heterocycles. The second-order valence-corrected chi connectivity index (χ2v) is 9.19. The largest absolute Gasteiger partial charge is 0.478 e. The number of rotatable bonds is 5. The van der Waals surface area contributed by atoms with Gasteiger partial charge in [0.15, 0.2) is 5.90 Å². The third kappa shape index (κ3) is 3.87. The van der Waals surface area contributed by atoms with Crippen LogP contribution in [0.25, 0.3) is 0 Å². The zero-order valence-corrected chi connectivity index (χ0v) is 16.9. The molecular formula is C26H21NOP. The standard InChI is InChI=1S/C26H21NOP/c1-4-11-20(12-5-1)24-19-28-26(27-24)23-17-10-18-25(23)29(21-13-6-2-7-14-21)22-15-8-3-9-16-22/h1-18,24H,19H2. The lowest BCUT2D eigenvalue weighted by atomic mass is 10.1. The van der Waals surface area contributed by atoms with E-state index in [9.17, 15) is 0 Å². The fraction of sp³-hybridized carbons (Fsp3) is 0.0769. The van der Waals surface area contributed by atoms with Crippen LogP contribution in [0, 0.1) is 30.8 Å². The molecule has 1 unspecified atom stereocenters. The van der Waals surface area contributed by atoms with Crippen LogP contribution in [-0.4, -0.2) is 12.5 Å². The molecule has 0 aromatic heterocycles. The minimum absolute atomic E-state index is 0.0635. The minimum Gasteiger partial charge on any atom is -0.478 e. The van der Waals surface area contributed by atoms with Crippen LogP contribution in [-0.2, 0) is 4.74 Å². The number of nitrogens with zero attached hydrogens (tertiary/aromatic N) is 1. The SMILES string of the molecule is [CH]1[CH][C](C2=NC(c3ccccc3)CO2)[C](P(c2ccccc2)c2ccccc2)[CH]1. The first-order valence-electron chi connectivity index (χ1n) is 9.82. The fourth-order valence-corrected chi connectivity index (χ4v) is 6.18. The summed E-state index contributed by atoms with van der Waals surface area (Å²) in [7, 11) is -0.675. The first-order chi connectivity index (χ1) is 14.4. The van der Waals surface area contributed by atoms with Gasteiger partial charge in [-0.25, -0.2) is 4.99 Å². The van der Waals surface area contributed by atoms with Gasteiger partial charge < -0.3 is 4.74 Å². The fourth-order valence-electron chi connectivity index (χ4n) is 3.74. The maximum absolute atomic E-state index is 6.09. The summed E-state index contributed by atoms with van der Waals surface area (Å²) in [6.07, 6.45) is 6.49. The molecule has 0 amide bonds. The van der Waals surface area contributed by atoms with E-state index in [1.807, 2.05) is 6.07 Å². The molecule has 141 valence electrons. The number of ether oxygens (including phenoxy) is 1. The van der Waals surface area contributed by atoms with Gasteiger partial charge in [0.25, 0.3) is 0 Å². The normalized spacial score (nSPS) is 20.0. The van der Waals surface area contributed by atoms with Crippen molar-refractivity contribution in [1.29, 1.82) is 0 Å². The van der Waals surface area contributed by atoms with E-state index in [-0.39, 0.29) is 6.04 Å². The van der Waals surface area contributed by atoms with E-state index in [0.717, 1.165) is 11.8 Å². The Morgan fingerprint density at radius 3 is 1.93 bits per heavy atom. The Bertz CT molecular complexity index is 918. The van der Waals surface area contributed by atoms with Crippen molar-refractivity contribution in [1.82, 2.24) is 0 Å². The van der Waals surface area contributed by atoms with Gasteiger partial charge in [0, 0.05) is 5.66 Å². The van der Waals surface area contributed by atoms with E-state index in [1.165, 1.54) is 21.8 Å². The van der Waals surface area contributed by atoms with Gasteiger partial charge in [0.05, 0.1) is 5.92 Å². The molecule has 3 aromatic carbocycles. The Morgan fingerprint density at radius 2 is 1.31 bits per heavy atom. The molecule has 0 spiro atoms. The van der Waals surface area contributed by atoms with E-state index in [0.29, 0.717) is 6.61 Å². The van der Waals surface area contributed by atoms with Gasteiger partial charge in [0.1, 0.15) is 12.6 Å². The highest BCUT2D eigenvalue weighted by Crippen LogP contribution is 2.56. The molecule has 0 bridgehead atoms. The lowest BCUT2D eigenvalue weighted by Gasteiger charge is -2.28. The lowest BCUT2D eigenvalue weighted by Crippen LogP contribution is -2.23. The minimum atomic E-state index is -0.675. The first kappa shape index (κ1) is 18.6. The summed E-state index contributed by atoms with van der Waals surface area (Å²) < 4.78 is 6.09. The van der Waals surface area contributed by atoms with Crippen molar-refractivity contribution in [3.63, 3.8) is 0 Å². The van der Waals surface area contributed by atoms with Crippen molar-refractivity contribution >= 4 is 24.4 Å². The Labute approximate surface area is 174 Å². The lowest BCUT2D eigenvalue weighted by molar-refractivity contribution is 0.316. The molecule has 2 nitrogen and oxygen atoms in total. The molecule has 1 fully saturated rings. The molecule has 0 N–H and O–H groups in total. The molecule has 3 heteroatoms. The number of benzene rings is 3.